The molecule has 0 saturated carbocycles. The third-order valence-corrected chi connectivity index (χ3v) is 3.91. The molecule has 2 aromatic carbocycles. The van der Waals surface area contributed by atoms with E-state index >= 15 is 0 Å². The molecule has 0 saturated heterocycles. The zero-order valence-electron chi connectivity index (χ0n) is 9.60. The van der Waals surface area contributed by atoms with E-state index < -0.39 is 0 Å². The molecule has 1 nitrogen and oxygen atoms in total. The first-order chi connectivity index (χ1) is 8.65. The van der Waals surface area contributed by atoms with Crippen LogP contribution in [-0.2, 0) is 0 Å². The van der Waals surface area contributed by atoms with Gasteiger partial charge in [0.2, 0.25) is 0 Å². The Morgan fingerprint density at radius 3 is 2.61 bits per heavy atom. The average Bonchev–Trinajstić information content (AvgIpc) is 2.66. The van der Waals surface area contributed by atoms with Crippen LogP contribution in [0.2, 0.25) is 0 Å². The highest BCUT2D eigenvalue weighted by Gasteiger charge is 2.22. The maximum atomic E-state index is 6.31. The quantitative estimate of drug-likeness (QED) is 0.754. The summed E-state index contributed by atoms with van der Waals surface area (Å²) in [5, 5.41) is 0. The van der Waals surface area contributed by atoms with E-state index in [1.54, 1.807) is 0 Å². The minimum absolute atomic E-state index is 0.0526. The lowest BCUT2D eigenvalue weighted by molar-refractivity contribution is 0.948. The lowest BCUT2D eigenvalue weighted by atomic mass is 9.99. The molecule has 18 heavy (non-hydrogen) atoms. The SMILES string of the molecule is NC1C(c2cc(S)cc(Br)c2)=Cc2ccccc21. The molecule has 0 amide bonds. The Bertz CT molecular complexity index is 628. The van der Waals surface area contributed by atoms with Crippen LogP contribution in [0.5, 0.6) is 0 Å². The van der Waals surface area contributed by atoms with Crippen LogP contribution in [0.25, 0.3) is 11.6 Å². The normalized spacial score (nSPS) is 17.5. The second-order valence-corrected chi connectivity index (χ2v) is 5.84. The third-order valence-electron chi connectivity index (χ3n) is 3.19. The van der Waals surface area contributed by atoms with Crippen LogP contribution >= 0.6 is 28.6 Å². The fourth-order valence-corrected chi connectivity index (χ4v) is 3.30. The molecule has 3 heteroatoms. The lowest BCUT2D eigenvalue weighted by Gasteiger charge is -2.12. The maximum absolute atomic E-state index is 6.31. The number of hydrogen-bond acceptors (Lipinski definition) is 2. The fraction of sp³-hybridized carbons (Fsp3) is 0.0667. The van der Waals surface area contributed by atoms with Crippen molar-refractivity contribution < 1.29 is 0 Å². The number of fused-ring (bicyclic) bond motifs is 1. The van der Waals surface area contributed by atoms with Gasteiger partial charge >= 0.3 is 0 Å². The largest absolute Gasteiger partial charge is 0.320 e. The molecule has 1 atom stereocenters. The van der Waals surface area contributed by atoms with Crippen molar-refractivity contribution in [3.63, 3.8) is 0 Å². The predicted octanol–water partition coefficient (Wildman–Crippen LogP) is 4.29. The summed E-state index contributed by atoms with van der Waals surface area (Å²) < 4.78 is 1.02. The van der Waals surface area contributed by atoms with Gasteiger partial charge in [-0.25, -0.2) is 0 Å². The van der Waals surface area contributed by atoms with E-state index in [0.717, 1.165) is 20.5 Å². The average molecular weight is 318 g/mol. The Hall–Kier alpha value is -1.03. The van der Waals surface area contributed by atoms with Gasteiger partial charge in [0.05, 0.1) is 6.04 Å². The van der Waals surface area contributed by atoms with Gasteiger partial charge in [0, 0.05) is 9.37 Å². The van der Waals surface area contributed by atoms with Crippen LogP contribution in [0, 0.1) is 0 Å². The molecular formula is C15H12BrNS. The number of benzene rings is 2. The van der Waals surface area contributed by atoms with Gasteiger partial charge in [-0.2, -0.15) is 0 Å². The first-order valence-corrected chi connectivity index (χ1v) is 6.95. The molecule has 0 fully saturated rings. The van der Waals surface area contributed by atoms with Crippen molar-refractivity contribution in [3.8, 4) is 0 Å². The van der Waals surface area contributed by atoms with Crippen molar-refractivity contribution in [1.82, 2.24) is 0 Å². The molecule has 0 aliphatic heterocycles. The van der Waals surface area contributed by atoms with Crippen LogP contribution in [0.1, 0.15) is 22.7 Å². The standard InChI is InChI=1S/C15H12BrNS/c16-11-5-10(6-12(18)8-11)14-7-9-3-1-2-4-13(9)15(14)17/h1-8,15,18H,17H2. The maximum Gasteiger partial charge on any atom is 0.0563 e. The van der Waals surface area contributed by atoms with Crippen LogP contribution in [-0.4, -0.2) is 0 Å². The second-order valence-electron chi connectivity index (χ2n) is 4.40. The zero-order valence-corrected chi connectivity index (χ0v) is 12.1. The molecule has 0 radical (unpaired) electrons. The van der Waals surface area contributed by atoms with E-state index in [1.165, 1.54) is 11.1 Å². The molecule has 1 aliphatic rings. The highest BCUT2D eigenvalue weighted by molar-refractivity contribution is 9.10. The van der Waals surface area contributed by atoms with Gasteiger partial charge in [-0.3, -0.25) is 0 Å². The molecule has 2 aromatic rings. The van der Waals surface area contributed by atoms with Crippen molar-refractivity contribution in [2.75, 3.05) is 0 Å². The number of nitrogens with two attached hydrogens (primary N) is 1. The first kappa shape index (κ1) is 12.0. The monoisotopic (exact) mass is 317 g/mol. The topological polar surface area (TPSA) is 26.0 Å². The fourth-order valence-electron chi connectivity index (χ4n) is 2.35. The molecule has 1 aliphatic carbocycles. The Morgan fingerprint density at radius 1 is 1.11 bits per heavy atom. The Morgan fingerprint density at radius 2 is 1.89 bits per heavy atom. The second kappa shape index (κ2) is 4.57. The first-order valence-electron chi connectivity index (χ1n) is 5.71. The number of thiol groups is 1. The van der Waals surface area contributed by atoms with E-state index in [2.05, 4.69) is 52.8 Å². The Balaban J connectivity index is 2.10. The molecule has 0 bridgehead atoms. The number of hydrogen-bond donors (Lipinski definition) is 2. The minimum Gasteiger partial charge on any atom is -0.320 e. The molecule has 2 N–H and O–H groups in total. The van der Waals surface area contributed by atoms with Crippen molar-refractivity contribution in [2.24, 2.45) is 5.73 Å². The van der Waals surface area contributed by atoms with Gasteiger partial charge in [-0.15, -0.1) is 12.6 Å². The molecule has 90 valence electrons. The van der Waals surface area contributed by atoms with Gasteiger partial charge in [0.25, 0.3) is 0 Å². The Kier molecular flexibility index (Phi) is 3.06. The van der Waals surface area contributed by atoms with E-state index in [0.29, 0.717) is 0 Å². The predicted molar refractivity (Wildman–Crippen MR) is 82.6 cm³/mol. The summed E-state index contributed by atoms with van der Waals surface area (Å²) in [6, 6.07) is 14.3. The highest BCUT2D eigenvalue weighted by Crippen LogP contribution is 2.39. The van der Waals surface area contributed by atoms with Crippen molar-refractivity contribution >= 4 is 40.2 Å². The summed E-state index contributed by atoms with van der Waals surface area (Å²) in [5.74, 6) is 0. The van der Waals surface area contributed by atoms with Crippen LogP contribution in [0.15, 0.2) is 51.8 Å². The van der Waals surface area contributed by atoms with E-state index in [9.17, 15) is 0 Å². The van der Waals surface area contributed by atoms with Crippen molar-refractivity contribution in [3.05, 3.63) is 63.6 Å². The lowest BCUT2D eigenvalue weighted by Crippen LogP contribution is -2.09. The molecule has 1 unspecified atom stereocenters. The van der Waals surface area contributed by atoms with Gasteiger partial charge in [-0.1, -0.05) is 40.2 Å². The highest BCUT2D eigenvalue weighted by atomic mass is 79.9. The van der Waals surface area contributed by atoms with Crippen LogP contribution < -0.4 is 5.73 Å². The summed E-state index contributed by atoms with van der Waals surface area (Å²) in [7, 11) is 0. The molecule has 3 rings (SSSR count). The van der Waals surface area contributed by atoms with Gasteiger partial charge in [0.1, 0.15) is 0 Å². The third kappa shape index (κ3) is 2.03. The Labute approximate surface area is 120 Å². The number of halogens is 1. The summed E-state index contributed by atoms with van der Waals surface area (Å²) in [6.07, 6.45) is 2.16. The smallest absolute Gasteiger partial charge is 0.0563 e. The van der Waals surface area contributed by atoms with Gasteiger partial charge in [0.15, 0.2) is 0 Å². The molecule has 0 heterocycles. The van der Waals surface area contributed by atoms with E-state index in [1.807, 2.05) is 24.3 Å². The summed E-state index contributed by atoms with van der Waals surface area (Å²) >= 11 is 7.91. The van der Waals surface area contributed by atoms with E-state index in [-0.39, 0.29) is 6.04 Å². The van der Waals surface area contributed by atoms with Crippen LogP contribution in [0.4, 0.5) is 0 Å². The summed E-state index contributed by atoms with van der Waals surface area (Å²) in [4.78, 5) is 0.934. The summed E-state index contributed by atoms with van der Waals surface area (Å²) in [6.45, 7) is 0. The molecule has 0 spiro atoms. The van der Waals surface area contributed by atoms with Crippen LogP contribution in [0.3, 0.4) is 0 Å². The number of rotatable bonds is 1. The minimum atomic E-state index is -0.0526. The van der Waals surface area contributed by atoms with Gasteiger partial charge in [-0.05, 0) is 46.5 Å². The molecular weight excluding hydrogens is 306 g/mol. The zero-order chi connectivity index (χ0) is 12.7. The van der Waals surface area contributed by atoms with Crippen molar-refractivity contribution in [2.45, 2.75) is 10.9 Å². The van der Waals surface area contributed by atoms with E-state index in [4.69, 9.17) is 5.73 Å². The summed E-state index contributed by atoms with van der Waals surface area (Å²) in [5.41, 5.74) is 11.0. The van der Waals surface area contributed by atoms with Crippen molar-refractivity contribution in [1.29, 1.82) is 0 Å². The molecule has 0 aromatic heterocycles. The van der Waals surface area contributed by atoms with Gasteiger partial charge < -0.3 is 5.73 Å².